The molecule has 160 valence electrons. The van der Waals surface area contributed by atoms with Crippen molar-refractivity contribution in [2.24, 2.45) is 5.73 Å². The van der Waals surface area contributed by atoms with Crippen LogP contribution >= 0.6 is 0 Å². The monoisotopic (exact) mass is 390 g/mol. The van der Waals surface area contributed by atoms with Gasteiger partial charge in [-0.3, -0.25) is 9.59 Å². The number of aliphatic hydroxyl groups excluding tert-OH is 1. The van der Waals surface area contributed by atoms with Crippen molar-refractivity contribution in [3.05, 3.63) is 0 Å². The highest BCUT2D eigenvalue weighted by molar-refractivity contribution is 5.83. The van der Waals surface area contributed by atoms with Gasteiger partial charge in [-0.05, 0) is 12.8 Å². The number of carbonyl (C=O) groups excluding carboxylic acids is 1. The first-order valence-electron chi connectivity index (χ1n) is 9.93. The van der Waals surface area contributed by atoms with Gasteiger partial charge in [0, 0.05) is 19.4 Å². The van der Waals surface area contributed by atoms with Crippen LogP contribution in [0.2, 0.25) is 0 Å². The molecule has 0 radical (unpaired) electrons. The van der Waals surface area contributed by atoms with Gasteiger partial charge in [-0.1, -0.05) is 58.3 Å². The Labute approximate surface area is 162 Å². The average molecular weight is 391 g/mol. The minimum Gasteiger partial charge on any atom is -0.481 e. The molecule has 1 atom stereocenters. The first kappa shape index (κ1) is 27.5. The first-order valence-corrected chi connectivity index (χ1v) is 9.93. The molecule has 0 unspecified atom stereocenters. The van der Waals surface area contributed by atoms with Crippen molar-refractivity contribution in [2.45, 2.75) is 90.0 Å². The minimum atomic E-state index is -1.19. The van der Waals surface area contributed by atoms with Gasteiger partial charge in [-0.15, -0.1) is 0 Å². The number of carboxylic acids is 2. The van der Waals surface area contributed by atoms with Crippen molar-refractivity contribution in [3.8, 4) is 0 Å². The predicted octanol–water partition coefficient (Wildman–Crippen LogP) is 2.28. The number of hydrogen-bond donors (Lipinski definition) is 5. The van der Waals surface area contributed by atoms with Crippen LogP contribution in [0.15, 0.2) is 0 Å². The van der Waals surface area contributed by atoms with Crippen molar-refractivity contribution in [1.29, 1.82) is 0 Å². The minimum absolute atomic E-state index is 0.0891. The van der Waals surface area contributed by atoms with Crippen molar-refractivity contribution < 1.29 is 29.7 Å². The van der Waals surface area contributed by atoms with E-state index in [0.29, 0.717) is 13.0 Å². The van der Waals surface area contributed by atoms with Crippen molar-refractivity contribution in [1.82, 2.24) is 5.32 Å². The Morgan fingerprint density at radius 1 is 0.889 bits per heavy atom. The SMILES string of the molecule is CCCCCCCCCCCC(=O)N[C@@H](CCC(=O)O)C(=O)O.NCCO. The number of nitrogens with one attached hydrogen (secondary N) is 1. The van der Waals surface area contributed by atoms with E-state index < -0.39 is 18.0 Å². The highest BCUT2D eigenvalue weighted by Gasteiger charge is 2.20. The van der Waals surface area contributed by atoms with E-state index in [1.807, 2.05) is 0 Å². The van der Waals surface area contributed by atoms with E-state index in [4.69, 9.17) is 21.1 Å². The van der Waals surface area contributed by atoms with Gasteiger partial charge in [0.25, 0.3) is 0 Å². The maximum Gasteiger partial charge on any atom is 0.326 e. The van der Waals surface area contributed by atoms with Gasteiger partial charge in [-0.25, -0.2) is 4.79 Å². The Hall–Kier alpha value is -1.67. The normalized spacial score (nSPS) is 11.2. The summed E-state index contributed by atoms with van der Waals surface area (Å²) in [6.45, 7) is 2.67. The van der Waals surface area contributed by atoms with Crippen LogP contribution in [0.4, 0.5) is 0 Å². The number of aliphatic hydroxyl groups is 1. The molecule has 6 N–H and O–H groups in total. The molecule has 1 amide bonds. The molecule has 0 rings (SSSR count). The molecule has 0 bridgehead atoms. The van der Waals surface area contributed by atoms with Crippen molar-refractivity contribution in [2.75, 3.05) is 13.2 Å². The van der Waals surface area contributed by atoms with Crippen molar-refractivity contribution >= 4 is 17.8 Å². The second-order valence-corrected chi connectivity index (χ2v) is 6.48. The molecule has 0 aromatic rings. The molecule has 0 spiro atoms. The third-order valence-electron chi connectivity index (χ3n) is 3.92. The van der Waals surface area contributed by atoms with Gasteiger partial charge in [-0.2, -0.15) is 0 Å². The third kappa shape index (κ3) is 22.3. The lowest BCUT2D eigenvalue weighted by Gasteiger charge is -2.13. The molecule has 8 heteroatoms. The fourth-order valence-electron chi connectivity index (χ4n) is 2.39. The van der Waals surface area contributed by atoms with Crippen LogP contribution in [0.1, 0.15) is 84.0 Å². The number of aliphatic carboxylic acids is 2. The first-order chi connectivity index (χ1) is 12.9. The van der Waals surface area contributed by atoms with E-state index in [0.717, 1.165) is 19.3 Å². The highest BCUT2D eigenvalue weighted by atomic mass is 16.4. The quantitative estimate of drug-likeness (QED) is 0.254. The van der Waals surface area contributed by atoms with Crippen molar-refractivity contribution in [3.63, 3.8) is 0 Å². The summed E-state index contributed by atoms with van der Waals surface area (Å²) >= 11 is 0. The molecule has 0 saturated heterocycles. The molecule has 0 aliphatic rings. The van der Waals surface area contributed by atoms with Gasteiger partial charge in [0.05, 0.1) is 6.61 Å². The highest BCUT2D eigenvalue weighted by Crippen LogP contribution is 2.10. The molecule has 0 fully saturated rings. The standard InChI is InChI=1S/C17H31NO5.C2H7NO/c1-2-3-4-5-6-7-8-9-10-11-15(19)18-14(17(22)23)12-13-16(20)21;3-1-2-4/h14H,2-13H2,1H3,(H,18,19)(H,20,21)(H,22,23);4H,1-3H2/t14-;/m0./s1. The predicted molar refractivity (Wildman–Crippen MR) is 104 cm³/mol. The van der Waals surface area contributed by atoms with Gasteiger partial charge in [0.2, 0.25) is 5.91 Å². The summed E-state index contributed by atoms with van der Waals surface area (Å²) < 4.78 is 0. The summed E-state index contributed by atoms with van der Waals surface area (Å²) in [6, 6.07) is -1.11. The molecule has 8 nitrogen and oxygen atoms in total. The number of rotatable bonds is 16. The smallest absolute Gasteiger partial charge is 0.326 e. The Morgan fingerprint density at radius 2 is 1.37 bits per heavy atom. The van der Waals surface area contributed by atoms with E-state index in [1.54, 1.807) is 0 Å². The van der Waals surface area contributed by atoms with E-state index in [-0.39, 0.29) is 25.4 Å². The van der Waals surface area contributed by atoms with Gasteiger partial charge < -0.3 is 26.4 Å². The van der Waals surface area contributed by atoms with Crippen LogP contribution in [0.5, 0.6) is 0 Å². The maximum atomic E-state index is 11.7. The summed E-state index contributed by atoms with van der Waals surface area (Å²) in [6.07, 6.45) is 10.3. The lowest BCUT2D eigenvalue weighted by Crippen LogP contribution is -2.41. The number of amides is 1. The van der Waals surface area contributed by atoms with Crippen LogP contribution in [-0.2, 0) is 14.4 Å². The zero-order valence-corrected chi connectivity index (χ0v) is 16.6. The largest absolute Gasteiger partial charge is 0.481 e. The fraction of sp³-hybridized carbons (Fsp3) is 0.842. The number of carboxylic acid groups (broad SMARTS) is 2. The number of unbranched alkanes of at least 4 members (excludes halogenated alkanes) is 8. The van der Waals surface area contributed by atoms with E-state index in [1.165, 1.54) is 38.5 Å². The summed E-state index contributed by atoms with van der Waals surface area (Å²) in [5.74, 6) is -2.57. The Morgan fingerprint density at radius 3 is 1.78 bits per heavy atom. The van der Waals surface area contributed by atoms with E-state index in [2.05, 4.69) is 12.2 Å². The summed E-state index contributed by atoms with van der Waals surface area (Å²) in [4.78, 5) is 33.1. The Kier molecular flexibility index (Phi) is 21.1. The molecule has 0 aliphatic heterocycles. The molecular weight excluding hydrogens is 352 g/mol. The molecule has 0 aliphatic carbocycles. The maximum absolute atomic E-state index is 11.7. The number of hydrogen-bond acceptors (Lipinski definition) is 5. The fourth-order valence-corrected chi connectivity index (χ4v) is 2.39. The van der Waals surface area contributed by atoms with Crippen LogP contribution < -0.4 is 11.1 Å². The van der Waals surface area contributed by atoms with Crippen LogP contribution in [-0.4, -0.2) is 52.4 Å². The molecule has 0 aromatic heterocycles. The topological polar surface area (TPSA) is 150 Å². The van der Waals surface area contributed by atoms with Gasteiger partial charge in [0.1, 0.15) is 6.04 Å². The van der Waals surface area contributed by atoms with Gasteiger partial charge in [0.15, 0.2) is 0 Å². The Bertz CT molecular complexity index is 388. The third-order valence-corrected chi connectivity index (χ3v) is 3.92. The second-order valence-electron chi connectivity index (χ2n) is 6.48. The molecular formula is C19H38N2O6. The number of nitrogens with two attached hydrogens (primary N) is 1. The zero-order chi connectivity index (χ0) is 20.9. The van der Waals surface area contributed by atoms with Crippen LogP contribution in [0.3, 0.4) is 0 Å². The van der Waals surface area contributed by atoms with Crippen LogP contribution in [0, 0.1) is 0 Å². The molecule has 0 saturated carbocycles. The molecule has 27 heavy (non-hydrogen) atoms. The lowest BCUT2D eigenvalue weighted by molar-refractivity contribution is -0.143. The van der Waals surface area contributed by atoms with E-state index >= 15 is 0 Å². The molecule has 0 heterocycles. The summed E-state index contributed by atoms with van der Waals surface area (Å²) in [5.41, 5.74) is 4.78. The zero-order valence-electron chi connectivity index (χ0n) is 16.6. The summed E-state index contributed by atoms with van der Waals surface area (Å²) in [5, 5.41) is 27.7. The average Bonchev–Trinajstić information content (AvgIpc) is 2.63. The lowest BCUT2D eigenvalue weighted by atomic mass is 10.1. The molecule has 0 aromatic carbocycles. The Balaban J connectivity index is 0. The van der Waals surface area contributed by atoms with Gasteiger partial charge >= 0.3 is 11.9 Å². The van der Waals surface area contributed by atoms with Crippen LogP contribution in [0.25, 0.3) is 0 Å². The van der Waals surface area contributed by atoms with E-state index in [9.17, 15) is 14.4 Å². The summed E-state index contributed by atoms with van der Waals surface area (Å²) in [7, 11) is 0. The number of carbonyl (C=O) groups is 3. The second kappa shape index (κ2) is 20.6.